The maximum Gasteiger partial charge on any atom is 0.276 e. The summed E-state index contributed by atoms with van der Waals surface area (Å²) >= 11 is 0. The van der Waals surface area contributed by atoms with E-state index in [-0.39, 0.29) is 28.9 Å². The molecule has 19 nitrogen and oxygen atoms in total. The second kappa shape index (κ2) is 19.0. The summed E-state index contributed by atoms with van der Waals surface area (Å²) in [5.74, 6) is 5.12. The SMILES string of the molecule is CC1CNCC1c1nn2c(C3CCOCC3)ncc2c(=O)[nH]1.Cc1cnc(C=O)cn1.Cc1cnc(CN2CC(C)C(c3nn4c(C5CCOCC5)ncc4c(=O)[nH]3)C2)cn1. The van der Waals surface area contributed by atoms with Gasteiger partial charge in [0.05, 0.1) is 35.7 Å². The number of rotatable bonds is 7. The first-order valence-corrected chi connectivity index (χ1v) is 21.2. The molecule has 4 aliphatic rings. The summed E-state index contributed by atoms with van der Waals surface area (Å²) in [4.78, 5) is 68.9. The van der Waals surface area contributed by atoms with Gasteiger partial charge in [-0.05, 0) is 57.9 Å². The minimum atomic E-state index is -0.124. The normalized spacial score (nSPS) is 22.5. The summed E-state index contributed by atoms with van der Waals surface area (Å²) in [5, 5.41) is 12.9. The van der Waals surface area contributed by atoms with Crippen LogP contribution in [0.15, 0.2) is 46.8 Å². The summed E-state index contributed by atoms with van der Waals surface area (Å²) in [6, 6.07) is 0. The number of nitrogens with zero attached hydrogens (tertiary/aromatic N) is 11. The minimum absolute atomic E-state index is 0.102. The number of fused-ring (bicyclic) bond motifs is 2. The molecule has 10 heterocycles. The Hall–Kier alpha value is -5.63. The highest BCUT2D eigenvalue weighted by molar-refractivity contribution is 5.70. The van der Waals surface area contributed by atoms with Crippen molar-refractivity contribution in [3.63, 3.8) is 0 Å². The van der Waals surface area contributed by atoms with E-state index >= 15 is 0 Å². The van der Waals surface area contributed by atoms with E-state index < -0.39 is 0 Å². The van der Waals surface area contributed by atoms with Crippen LogP contribution in [0.4, 0.5) is 0 Å². The zero-order valence-corrected chi connectivity index (χ0v) is 35.2. The van der Waals surface area contributed by atoms with Gasteiger partial charge in [-0.25, -0.2) is 24.0 Å². The number of aldehydes is 1. The molecule has 0 radical (unpaired) electrons. The van der Waals surface area contributed by atoms with Crippen LogP contribution in [-0.4, -0.2) is 123 Å². The van der Waals surface area contributed by atoms with Crippen LogP contribution in [0.25, 0.3) is 11.0 Å². The zero-order valence-electron chi connectivity index (χ0n) is 35.2. The fourth-order valence-corrected chi connectivity index (χ4v) is 8.59. The fraction of sp³-hybridized carbons (Fsp3) is 0.548. The van der Waals surface area contributed by atoms with Crippen molar-refractivity contribution in [3.05, 3.63) is 104 Å². The van der Waals surface area contributed by atoms with Gasteiger partial charge in [-0.2, -0.15) is 10.2 Å². The molecule has 6 aromatic heterocycles. The maximum atomic E-state index is 12.8. The molecule has 322 valence electrons. The highest BCUT2D eigenvalue weighted by atomic mass is 16.5. The second-order valence-corrected chi connectivity index (χ2v) is 16.6. The van der Waals surface area contributed by atoms with Crippen LogP contribution in [-0.2, 0) is 16.0 Å². The first kappa shape index (κ1) is 42.1. The van der Waals surface area contributed by atoms with E-state index in [1.54, 1.807) is 33.8 Å². The lowest BCUT2D eigenvalue weighted by atomic mass is 9.97. The average Bonchev–Trinajstić information content (AvgIpc) is 4.09. The number of likely N-dealkylation sites (tertiary alicyclic amines) is 1. The number of carbonyl (C=O) groups is 1. The largest absolute Gasteiger partial charge is 0.381 e. The molecule has 0 saturated carbocycles. The number of imidazole rings is 2. The van der Waals surface area contributed by atoms with Crippen LogP contribution in [0, 0.1) is 25.7 Å². The molecule has 0 amide bonds. The van der Waals surface area contributed by atoms with Gasteiger partial charge >= 0.3 is 0 Å². The monoisotopic (exact) mass is 834 g/mol. The van der Waals surface area contributed by atoms with E-state index in [1.165, 1.54) is 6.20 Å². The molecule has 4 unspecified atom stereocenters. The highest BCUT2D eigenvalue weighted by Gasteiger charge is 2.34. The molecule has 3 N–H and O–H groups in total. The molecule has 0 aromatic carbocycles. The van der Waals surface area contributed by atoms with Crippen molar-refractivity contribution < 1.29 is 14.3 Å². The Kier molecular flexibility index (Phi) is 13.1. The van der Waals surface area contributed by atoms with Crippen molar-refractivity contribution in [3.8, 4) is 0 Å². The number of hydrogen-bond acceptors (Lipinski definition) is 15. The maximum absolute atomic E-state index is 12.8. The van der Waals surface area contributed by atoms with E-state index in [4.69, 9.17) is 19.7 Å². The molecule has 4 fully saturated rings. The standard InChI is InChI=1S/C21H27N7O2.C15H21N5O2.C6H6N2O/c1-13-10-27(11-16-8-22-14(2)7-23-16)12-17(13)19-25-21(29)18-9-24-20(28(18)26-19)15-3-5-30-6-4-15;1-9-6-16-7-11(9)13-18-15(21)12-8-17-14(20(12)19-13)10-2-4-22-5-3-10;1-5-2-8-6(4-9)3-7-5/h7-9,13,15,17H,3-6,10-12H2,1-2H3,(H,25,26,29);8-11,16H,2-7H2,1H3,(H,18,19,21);2-4H,1H3. The molecule has 4 aliphatic heterocycles. The molecular weight excluding hydrogens is 781 g/mol. The van der Waals surface area contributed by atoms with Gasteiger partial charge in [0.1, 0.15) is 29.0 Å². The van der Waals surface area contributed by atoms with Crippen molar-refractivity contribution in [2.75, 3.05) is 52.6 Å². The Labute approximate surface area is 352 Å². The number of aromatic nitrogens is 12. The lowest BCUT2D eigenvalue weighted by molar-refractivity contribution is 0.0831. The van der Waals surface area contributed by atoms with E-state index in [2.05, 4.69) is 63.9 Å². The quantitative estimate of drug-likeness (QED) is 0.197. The third-order valence-electron chi connectivity index (χ3n) is 12.1. The van der Waals surface area contributed by atoms with Gasteiger partial charge in [0, 0.05) is 94.9 Å². The summed E-state index contributed by atoms with van der Waals surface area (Å²) < 4.78 is 14.4. The number of ether oxygens (including phenoxy) is 2. The topological polar surface area (TPSA) is 228 Å². The predicted octanol–water partition coefficient (Wildman–Crippen LogP) is 2.88. The van der Waals surface area contributed by atoms with Gasteiger partial charge in [-0.3, -0.25) is 34.2 Å². The van der Waals surface area contributed by atoms with Crippen LogP contribution >= 0.6 is 0 Å². The van der Waals surface area contributed by atoms with Crippen molar-refractivity contribution in [1.29, 1.82) is 0 Å². The molecule has 10 rings (SSSR count). The van der Waals surface area contributed by atoms with Crippen LogP contribution in [0.1, 0.15) is 114 Å². The van der Waals surface area contributed by atoms with Crippen molar-refractivity contribution in [2.45, 2.75) is 83.6 Å². The smallest absolute Gasteiger partial charge is 0.276 e. The van der Waals surface area contributed by atoms with Gasteiger partial charge in [-0.1, -0.05) is 13.8 Å². The lowest BCUT2D eigenvalue weighted by Crippen LogP contribution is -2.24. The number of hydrogen-bond donors (Lipinski definition) is 3. The van der Waals surface area contributed by atoms with Gasteiger partial charge < -0.3 is 24.8 Å². The van der Waals surface area contributed by atoms with Gasteiger partial charge in [-0.15, -0.1) is 0 Å². The fourth-order valence-electron chi connectivity index (χ4n) is 8.59. The second-order valence-electron chi connectivity index (χ2n) is 16.6. The Morgan fingerprint density at radius 1 is 0.656 bits per heavy atom. The van der Waals surface area contributed by atoms with Crippen LogP contribution in [0.2, 0.25) is 0 Å². The predicted molar refractivity (Wildman–Crippen MR) is 224 cm³/mol. The third-order valence-corrected chi connectivity index (χ3v) is 12.1. The third kappa shape index (κ3) is 9.64. The number of aromatic amines is 2. The molecular formula is C42H54N14O5. The van der Waals surface area contributed by atoms with Gasteiger partial charge in [0.2, 0.25) is 0 Å². The van der Waals surface area contributed by atoms with Crippen molar-refractivity contribution in [1.82, 2.24) is 69.3 Å². The van der Waals surface area contributed by atoms with Gasteiger partial charge in [0.15, 0.2) is 17.3 Å². The van der Waals surface area contributed by atoms with Crippen molar-refractivity contribution in [2.24, 2.45) is 11.8 Å². The van der Waals surface area contributed by atoms with Crippen molar-refractivity contribution >= 4 is 17.3 Å². The molecule has 4 saturated heterocycles. The van der Waals surface area contributed by atoms with Gasteiger partial charge in [0.25, 0.3) is 11.1 Å². The Balaban J connectivity index is 0.000000144. The summed E-state index contributed by atoms with van der Waals surface area (Å²) in [5.41, 5.74) is 3.89. The first-order valence-electron chi connectivity index (χ1n) is 21.2. The zero-order chi connectivity index (χ0) is 42.5. The molecule has 4 atom stereocenters. The van der Waals surface area contributed by atoms with Crippen LogP contribution in [0.3, 0.4) is 0 Å². The number of aryl methyl sites for hydroxylation is 2. The van der Waals surface area contributed by atoms with Crippen LogP contribution < -0.4 is 16.4 Å². The number of nitrogens with one attached hydrogen (secondary N) is 3. The minimum Gasteiger partial charge on any atom is -0.381 e. The Morgan fingerprint density at radius 3 is 1.70 bits per heavy atom. The molecule has 6 aromatic rings. The number of H-pyrrole nitrogens is 2. The Morgan fingerprint density at radius 2 is 1.21 bits per heavy atom. The van der Waals surface area contributed by atoms with E-state index in [9.17, 15) is 14.4 Å². The number of carbonyl (C=O) groups excluding carboxylic acids is 1. The van der Waals surface area contributed by atoms with E-state index in [1.807, 2.05) is 20.0 Å². The molecule has 61 heavy (non-hydrogen) atoms. The first-order chi connectivity index (χ1) is 29.6. The molecule has 0 bridgehead atoms. The lowest BCUT2D eigenvalue weighted by Gasteiger charge is -2.21. The molecule has 19 heteroatoms. The summed E-state index contributed by atoms with van der Waals surface area (Å²) in [6.45, 7) is 15.4. The van der Waals surface area contributed by atoms with Crippen LogP contribution in [0.5, 0.6) is 0 Å². The molecule has 0 spiro atoms. The van der Waals surface area contributed by atoms with E-state index in [0.717, 1.165) is 125 Å². The summed E-state index contributed by atoms with van der Waals surface area (Å²) in [6.07, 6.45) is 14.3. The highest BCUT2D eigenvalue weighted by Crippen LogP contribution is 2.32. The van der Waals surface area contributed by atoms with E-state index in [0.29, 0.717) is 40.8 Å². The average molecular weight is 835 g/mol. The Bertz CT molecular complexity index is 2520. The summed E-state index contributed by atoms with van der Waals surface area (Å²) in [7, 11) is 0. The molecule has 0 aliphatic carbocycles.